The number of H-pyrrole nitrogens is 1. The molecule has 30 heavy (non-hydrogen) atoms. The molecule has 2 N–H and O–H groups in total. The Morgan fingerprint density at radius 1 is 1.27 bits per heavy atom. The normalized spacial score (nSPS) is 11.1. The van der Waals surface area contributed by atoms with Gasteiger partial charge in [-0.1, -0.05) is 0 Å². The van der Waals surface area contributed by atoms with Crippen molar-refractivity contribution in [2.45, 2.75) is 6.92 Å². The van der Waals surface area contributed by atoms with Gasteiger partial charge in [0.15, 0.2) is 5.76 Å². The van der Waals surface area contributed by atoms with Crippen molar-refractivity contribution in [2.75, 3.05) is 12.4 Å². The molecule has 5 rings (SSSR count). The van der Waals surface area contributed by atoms with Crippen LogP contribution in [0.2, 0.25) is 0 Å². The minimum atomic E-state index is -0.269. The number of furan rings is 1. The van der Waals surface area contributed by atoms with Gasteiger partial charge in [0.05, 0.1) is 19.1 Å². The highest BCUT2D eigenvalue weighted by Gasteiger charge is 2.17. The fourth-order valence-electron chi connectivity index (χ4n) is 3.17. The highest BCUT2D eigenvalue weighted by atomic mass is 32.1. The van der Waals surface area contributed by atoms with Crippen molar-refractivity contribution in [3.63, 3.8) is 0 Å². The molecule has 9 heteroatoms. The lowest BCUT2D eigenvalue weighted by molar-refractivity contribution is 0.102. The number of aromatic amines is 1. The van der Waals surface area contributed by atoms with E-state index in [4.69, 9.17) is 9.15 Å². The van der Waals surface area contributed by atoms with Crippen LogP contribution in [0.5, 0.6) is 5.75 Å². The number of hydrogen-bond donors (Lipinski definition) is 2. The second kappa shape index (κ2) is 7.20. The lowest BCUT2D eigenvalue weighted by Crippen LogP contribution is -2.15. The van der Waals surface area contributed by atoms with E-state index in [1.54, 1.807) is 30.2 Å². The maximum atomic E-state index is 12.9. The molecule has 0 saturated carbocycles. The number of thiazole rings is 1. The SMILES string of the molecule is COc1ccc2cc(C(=O)Nc3cc(C)nn3-c3nc(-c4ccco4)cs3)[nH]c2c1. The molecule has 5 aromatic rings. The molecular formula is C21H17N5O3S. The van der Waals surface area contributed by atoms with Gasteiger partial charge in [0.1, 0.15) is 23.0 Å². The summed E-state index contributed by atoms with van der Waals surface area (Å²) in [5, 5.41) is 10.8. The summed E-state index contributed by atoms with van der Waals surface area (Å²) in [5.41, 5.74) is 2.75. The van der Waals surface area contributed by atoms with Crippen LogP contribution in [0.25, 0.3) is 27.5 Å². The predicted octanol–water partition coefficient (Wildman–Crippen LogP) is 4.64. The van der Waals surface area contributed by atoms with Crippen LogP contribution in [0.1, 0.15) is 16.2 Å². The first kappa shape index (κ1) is 18.2. The van der Waals surface area contributed by atoms with E-state index in [1.165, 1.54) is 11.3 Å². The number of rotatable bonds is 5. The lowest BCUT2D eigenvalue weighted by atomic mass is 10.2. The molecule has 8 nitrogen and oxygen atoms in total. The average Bonchev–Trinajstić information content (AvgIpc) is 3.52. The van der Waals surface area contributed by atoms with Crippen molar-refractivity contribution in [3.05, 3.63) is 65.5 Å². The number of nitrogens with one attached hydrogen (secondary N) is 2. The first-order valence-electron chi connectivity index (χ1n) is 9.15. The number of ether oxygens (including phenoxy) is 1. The number of amides is 1. The van der Waals surface area contributed by atoms with Gasteiger partial charge in [-0.2, -0.15) is 9.78 Å². The van der Waals surface area contributed by atoms with Gasteiger partial charge in [-0.3, -0.25) is 4.79 Å². The summed E-state index contributed by atoms with van der Waals surface area (Å²) >= 11 is 1.42. The topological polar surface area (TPSA) is 98.0 Å². The van der Waals surface area contributed by atoms with Crippen molar-refractivity contribution in [1.82, 2.24) is 19.7 Å². The van der Waals surface area contributed by atoms with Crippen molar-refractivity contribution >= 4 is 34.0 Å². The van der Waals surface area contributed by atoms with Crippen LogP contribution in [-0.2, 0) is 0 Å². The first-order chi connectivity index (χ1) is 14.6. The third-order valence-corrected chi connectivity index (χ3v) is 5.41. The molecule has 1 aromatic carbocycles. The fourth-order valence-corrected chi connectivity index (χ4v) is 3.95. The standard InChI is InChI=1S/C21H17N5O3S/c1-12-8-19(26(25-12)21-23-17(11-30-21)18-4-3-7-29-18)24-20(27)16-9-13-5-6-14(28-2)10-15(13)22-16/h3-11,22H,1-2H3,(H,24,27). The van der Waals surface area contributed by atoms with Crippen molar-refractivity contribution in [2.24, 2.45) is 0 Å². The second-order valence-corrected chi connectivity index (χ2v) is 7.50. The van der Waals surface area contributed by atoms with E-state index in [2.05, 4.69) is 20.4 Å². The van der Waals surface area contributed by atoms with E-state index in [0.29, 0.717) is 22.4 Å². The quantitative estimate of drug-likeness (QED) is 0.432. The molecule has 0 aliphatic rings. The molecule has 0 bridgehead atoms. The van der Waals surface area contributed by atoms with Crippen LogP contribution >= 0.6 is 11.3 Å². The Bertz CT molecular complexity index is 1350. The number of aromatic nitrogens is 4. The van der Waals surface area contributed by atoms with Gasteiger partial charge in [-0.15, -0.1) is 11.3 Å². The zero-order valence-corrected chi connectivity index (χ0v) is 17.0. The van der Waals surface area contributed by atoms with E-state index in [1.807, 2.05) is 42.6 Å². The molecule has 4 heterocycles. The Labute approximate surface area is 175 Å². The van der Waals surface area contributed by atoms with Crippen LogP contribution in [0.4, 0.5) is 5.82 Å². The number of methoxy groups -OCH3 is 1. The summed E-state index contributed by atoms with van der Waals surface area (Å²) in [4.78, 5) is 20.6. The number of anilines is 1. The molecule has 0 spiro atoms. The monoisotopic (exact) mass is 419 g/mol. The van der Waals surface area contributed by atoms with Crippen molar-refractivity contribution in [3.8, 4) is 22.3 Å². The Balaban J connectivity index is 1.44. The number of benzene rings is 1. The van der Waals surface area contributed by atoms with E-state index in [-0.39, 0.29) is 5.91 Å². The van der Waals surface area contributed by atoms with Gasteiger partial charge >= 0.3 is 0 Å². The van der Waals surface area contributed by atoms with Crippen LogP contribution in [-0.4, -0.2) is 32.8 Å². The molecule has 0 unspecified atom stereocenters. The highest BCUT2D eigenvalue weighted by molar-refractivity contribution is 7.12. The average molecular weight is 419 g/mol. The number of carbonyl (C=O) groups excluding carboxylic acids is 1. The molecule has 0 saturated heterocycles. The summed E-state index contributed by atoms with van der Waals surface area (Å²) in [6.45, 7) is 1.86. The smallest absolute Gasteiger partial charge is 0.273 e. The molecule has 1 amide bonds. The first-order valence-corrected chi connectivity index (χ1v) is 10.0. The molecule has 150 valence electrons. The number of aryl methyl sites for hydroxylation is 1. The molecule has 4 aromatic heterocycles. The Hall–Kier alpha value is -3.85. The number of fused-ring (bicyclic) bond motifs is 1. The highest BCUT2D eigenvalue weighted by Crippen LogP contribution is 2.27. The number of nitrogens with zero attached hydrogens (tertiary/aromatic N) is 3. The van der Waals surface area contributed by atoms with Crippen LogP contribution < -0.4 is 10.1 Å². The molecule has 0 aliphatic carbocycles. The molecule has 0 fully saturated rings. The fraction of sp³-hybridized carbons (Fsp3) is 0.0952. The third kappa shape index (κ3) is 3.25. The Morgan fingerprint density at radius 2 is 2.17 bits per heavy atom. The van der Waals surface area contributed by atoms with Crippen LogP contribution in [0.15, 0.2) is 58.5 Å². The van der Waals surface area contributed by atoms with Gasteiger partial charge in [-0.25, -0.2) is 4.98 Å². The third-order valence-electron chi connectivity index (χ3n) is 4.59. The summed E-state index contributed by atoms with van der Waals surface area (Å²) in [5.74, 6) is 1.67. The van der Waals surface area contributed by atoms with E-state index in [9.17, 15) is 4.79 Å². The van der Waals surface area contributed by atoms with Crippen molar-refractivity contribution in [1.29, 1.82) is 0 Å². The summed E-state index contributed by atoms with van der Waals surface area (Å²) in [6.07, 6.45) is 1.61. The number of hydrogen-bond acceptors (Lipinski definition) is 6. The second-order valence-electron chi connectivity index (χ2n) is 6.67. The minimum absolute atomic E-state index is 0.269. The lowest BCUT2D eigenvalue weighted by Gasteiger charge is -2.05. The summed E-state index contributed by atoms with van der Waals surface area (Å²) < 4.78 is 12.3. The van der Waals surface area contributed by atoms with E-state index >= 15 is 0 Å². The predicted molar refractivity (Wildman–Crippen MR) is 114 cm³/mol. The van der Waals surface area contributed by atoms with Gasteiger partial charge in [0, 0.05) is 28.4 Å². The largest absolute Gasteiger partial charge is 0.497 e. The maximum absolute atomic E-state index is 12.9. The zero-order valence-electron chi connectivity index (χ0n) is 16.2. The minimum Gasteiger partial charge on any atom is -0.497 e. The summed E-state index contributed by atoms with van der Waals surface area (Å²) in [7, 11) is 1.61. The van der Waals surface area contributed by atoms with Crippen molar-refractivity contribution < 1.29 is 13.9 Å². The molecular weight excluding hydrogens is 402 g/mol. The summed E-state index contributed by atoms with van der Waals surface area (Å²) in [6, 6.07) is 12.9. The van der Waals surface area contributed by atoms with Gasteiger partial charge < -0.3 is 19.5 Å². The van der Waals surface area contributed by atoms with E-state index in [0.717, 1.165) is 28.0 Å². The Morgan fingerprint density at radius 3 is 2.97 bits per heavy atom. The molecule has 0 aliphatic heterocycles. The van der Waals surface area contributed by atoms with Crippen LogP contribution in [0, 0.1) is 6.92 Å². The van der Waals surface area contributed by atoms with Gasteiger partial charge in [-0.05, 0) is 37.3 Å². The molecule has 0 radical (unpaired) electrons. The van der Waals surface area contributed by atoms with Gasteiger partial charge in [0.2, 0.25) is 5.13 Å². The van der Waals surface area contributed by atoms with Gasteiger partial charge in [0.25, 0.3) is 5.91 Å². The zero-order chi connectivity index (χ0) is 20.7. The molecule has 0 atom stereocenters. The Kier molecular flexibility index (Phi) is 4.36. The maximum Gasteiger partial charge on any atom is 0.273 e. The van der Waals surface area contributed by atoms with Crippen LogP contribution in [0.3, 0.4) is 0 Å². The number of carbonyl (C=O) groups is 1. The van der Waals surface area contributed by atoms with E-state index < -0.39 is 0 Å².